The van der Waals surface area contributed by atoms with Crippen LogP contribution in [0.2, 0.25) is 0 Å². The Labute approximate surface area is 52.6 Å². The van der Waals surface area contributed by atoms with E-state index in [1.807, 2.05) is 0 Å². The molecule has 0 saturated carbocycles. The van der Waals surface area contributed by atoms with E-state index in [1.165, 1.54) is 12.0 Å². The summed E-state index contributed by atoms with van der Waals surface area (Å²) in [6.45, 7) is 6.43. The van der Waals surface area contributed by atoms with Crippen LogP contribution >= 0.6 is 0 Å². The summed E-state index contributed by atoms with van der Waals surface area (Å²) < 4.78 is 0. The minimum atomic E-state index is 1.12. The molecule has 0 fully saturated rings. The average molecular weight is 111 g/mol. The highest BCUT2D eigenvalue weighted by atomic mass is 13.9. The highest BCUT2D eigenvalue weighted by molar-refractivity contribution is 4.98. The SMILES string of the molecule is C[CH]C/C=C(\C)CC. The van der Waals surface area contributed by atoms with E-state index in [-0.39, 0.29) is 0 Å². The van der Waals surface area contributed by atoms with Gasteiger partial charge in [0, 0.05) is 0 Å². The lowest BCUT2D eigenvalue weighted by Crippen LogP contribution is -1.70. The lowest BCUT2D eigenvalue weighted by atomic mass is 10.2. The Balaban J connectivity index is 3.26. The molecule has 47 valence electrons. The van der Waals surface area contributed by atoms with Crippen LogP contribution in [0.25, 0.3) is 0 Å². The highest BCUT2D eigenvalue weighted by Crippen LogP contribution is 2.00. The van der Waals surface area contributed by atoms with Crippen LogP contribution in [0.3, 0.4) is 0 Å². The fraction of sp³-hybridized carbons (Fsp3) is 0.625. The maximum absolute atomic E-state index is 2.26. The number of rotatable bonds is 3. The van der Waals surface area contributed by atoms with Gasteiger partial charge in [0.1, 0.15) is 0 Å². The topological polar surface area (TPSA) is 0 Å². The second-order valence-corrected chi connectivity index (χ2v) is 2.05. The maximum Gasteiger partial charge on any atom is -0.0320 e. The summed E-state index contributed by atoms with van der Waals surface area (Å²) in [5.74, 6) is 0. The van der Waals surface area contributed by atoms with Crippen molar-refractivity contribution in [2.24, 2.45) is 0 Å². The van der Waals surface area contributed by atoms with Gasteiger partial charge in [0.15, 0.2) is 0 Å². The van der Waals surface area contributed by atoms with Crippen LogP contribution in [0.4, 0.5) is 0 Å². The number of unbranched alkanes of at least 4 members (excludes halogenated alkanes) is 1. The average Bonchev–Trinajstić information content (AvgIpc) is 1.83. The molecule has 0 heteroatoms. The monoisotopic (exact) mass is 111 g/mol. The zero-order chi connectivity index (χ0) is 6.41. The fourth-order valence-electron chi connectivity index (χ4n) is 0.463. The Bertz CT molecular complexity index is 70.1. The molecule has 0 aliphatic rings. The molecule has 0 aromatic carbocycles. The van der Waals surface area contributed by atoms with Crippen molar-refractivity contribution in [1.82, 2.24) is 0 Å². The summed E-state index contributed by atoms with van der Waals surface area (Å²) in [7, 11) is 0. The molecular weight excluding hydrogens is 96.1 g/mol. The predicted octanol–water partition coefficient (Wildman–Crippen LogP) is 2.96. The Hall–Kier alpha value is -0.260. The Morgan fingerprint density at radius 2 is 2.12 bits per heavy atom. The first kappa shape index (κ1) is 7.74. The van der Waals surface area contributed by atoms with Gasteiger partial charge in [-0.25, -0.2) is 0 Å². The van der Waals surface area contributed by atoms with Crippen molar-refractivity contribution in [3.63, 3.8) is 0 Å². The van der Waals surface area contributed by atoms with Crippen LogP contribution in [0, 0.1) is 6.42 Å². The molecule has 0 unspecified atom stereocenters. The van der Waals surface area contributed by atoms with Gasteiger partial charge in [-0.05, 0) is 26.2 Å². The molecule has 0 atom stereocenters. The van der Waals surface area contributed by atoms with Gasteiger partial charge in [-0.1, -0.05) is 25.5 Å². The van der Waals surface area contributed by atoms with Gasteiger partial charge >= 0.3 is 0 Å². The molecule has 0 amide bonds. The van der Waals surface area contributed by atoms with Gasteiger partial charge in [0.2, 0.25) is 0 Å². The predicted molar refractivity (Wildman–Crippen MR) is 38.6 cm³/mol. The third-order valence-corrected chi connectivity index (χ3v) is 1.26. The molecule has 1 radical (unpaired) electrons. The largest absolute Gasteiger partial charge is 0.0853 e. The van der Waals surface area contributed by atoms with E-state index in [0.29, 0.717) is 0 Å². The van der Waals surface area contributed by atoms with E-state index in [9.17, 15) is 0 Å². The van der Waals surface area contributed by atoms with Crippen LogP contribution in [0.1, 0.15) is 33.6 Å². The van der Waals surface area contributed by atoms with Crippen molar-refractivity contribution in [2.75, 3.05) is 0 Å². The van der Waals surface area contributed by atoms with Crippen molar-refractivity contribution >= 4 is 0 Å². The summed E-state index contributed by atoms with van der Waals surface area (Å²) in [5, 5.41) is 0. The van der Waals surface area contributed by atoms with E-state index in [4.69, 9.17) is 0 Å². The molecule has 0 rings (SSSR count). The molecule has 0 aromatic heterocycles. The Kier molecular flexibility index (Phi) is 4.73. The van der Waals surface area contributed by atoms with Crippen LogP contribution in [0.15, 0.2) is 11.6 Å². The molecule has 0 saturated heterocycles. The summed E-state index contributed by atoms with van der Waals surface area (Å²) in [6, 6.07) is 0. The maximum atomic E-state index is 2.26. The van der Waals surface area contributed by atoms with Crippen LogP contribution in [0.5, 0.6) is 0 Å². The summed E-state index contributed by atoms with van der Waals surface area (Å²) in [5.41, 5.74) is 1.49. The van der Waals surface area contributed by atoms with Gasteiger partial charge in [0.05, 0.1) is 0 Å². The third kappa shape index (κ3) is 3.91. The van der Waals surface area contributed by atoms with Crippen molar-refractivity contribution < 1.29 is 0 Å². The smallest absolute Gasteiger partial charge is 0.0320 e. The summed E-state index contributed by atoms with van der Waals surface area (Å²) in [4.78, 5) is 0. The number of allylic oxidation sites excluding steroid dienone is 2. The standard InChI is InChI=1S/C8H15/c1-4-6-7-8(3)5-2/h4,7H,5-6H2,1-3H3/b8-7+. The molecule has 0 aliphatic carbocycles. The highest BCUT2D eigenvalue weighted by Gasteiger charge is 1.79. The molecule has 0 nitrogen and oxygen atoms in total. The second-order valence-electron chi connectivity index (χ2n) is 2.05. The zero-order valence-electron chi connectivity index (χ0n) is 6.07. The Morgan fingerprint density at radius 3 is 2.50 bits per heavy atom. The minimum absolute atomic E-state index is 1.12. The molecule has 0 N–H and O–H groups in total. The lowest BCUT2D eigenvalue weighted by molar-refractivity contribution is 1.06. The second kappa shape index (κ2) is 4.89. The fourth-order valence-corrected chi connectivity index (χ4v) is 0.463. The van der Waals surface area contributed by atoms with Gasteiger partial charge in [-0.15, -0.1) is 0 Å². The van der Waals surface area contributed by atoms with Crippen molar-refractivity contribution in [3.8, 4) is 0 Å². The first-order valence-corrected chi connectivity index (χ1v) is 3.24. The van der Waals surface area contributed by atoms with Crippen LogP contribution < -0.4 is 0 Å². The molecule has 0 spiro atoms. The van der Waals surface area contributed by atoms with Gasteiger partial charge in [0.25, 0.3) is 0 Å². The number of hydrogen-bond donors (Lipinski definition) is 0. The minimum Gasteiger partial charge on any atom is -0.0853 e. The molecule has 0 aromatic rings. The van der Waals surface area contributed by atoms with E-state index < -0.39 is 0 Å². The van der Waals surface area contributed by atoms with Crippen LogP contribution in [-0.2, 0) is 0 Å². The van der Waals surface area contributed by atoms with E-state index in [2.05, 4.69) is 33.3 Å². The van der Waals surface area contributed by atoms with E-state index >= 15 is 0 Å². The van der Waals surface area contributed by atoms with Crippen molar-refractivity contribution in [1.29, 1.82) is 0 Å². The molecular formula is C8H15. The molecule has 0 bridgehead atoms. The normalized spacial score (nSPS) is 12.1. The summed E-state index contributed by atoms with van der Waals surface area (Å²) in [6.07, 6.45) is 6.74. The molecule has 0 heterocycles. The molecule has 8 heavy (non-hydrogen) atoms. The lowest BCUT2D eigenvalue weighted by Gasteiger charge is -1.91. The first-order valence-electron chi connectivity index (χ1n) is 3.24. The Morgan fingerprint density at radius 1 is 1.50 bits per heavy atom. The van der Waals surface area contributed by atoms with Gasteiger partial charge in [-0.2, -0.15) is 0 Å². The van der Waals surface area contributed by atoms with E-state index in [0.717, 1.165) is 6.42 Å². The first-order chi connectivity index (χ1) is 3.81. The van der Waals surface area contributed by atoms with E-state index in [1.54, 1.807) is 0 Å². The third-order valence-electron chi connectivity index (χ3n) is 1.26. The van der Waals surface area contributed by atoms with Crippen molar-refractivity contribution in [2.45, 2.75) is 33.6 Å². The van der Waals surface area contributed by atoms with Gasteiger partial charge < -0.3 is 0 Å². The quantitative estimate of drug-likeness (QED) is 0.491. The zero-order valence-corrected chi connectivity index (χ0v) is 6.07. The number of hydrogen-bond acceptors (Lipinski definition) is 0. The summed E-state index contributed by atoms with van der Waals surface area (Å²) >= 11 is 0. The molecule has 0 aliphatic heterocycles. The van der Waals surface area contributed by atoms with Gasteiger partial charge in [-0.3, -0.25) is 0 Å². The van der Waals surface area contributed by atoms with Crippen LogP contribution in [-0.4, -0.2) is 0 Å². The van der Waals surface area contributed by atoms with Crippen molar-refractivity contribution in [3.05, 3.63) is 18.1 Å².